The number of carbonyl (C=O) groups excluding carboxylic acids is 6. The molecule has 0 saturated carbocycles. The van der Waals surface area contributed by atoms with E-state index in [-0.39, 0.29) is 76.9 Å². The van der Waals surface area contributed by atoms with E-state index in [1.54, 1.807) is 21.9 Å². The van der Waals surface area contributed by atoms with Crippen molar-refractivity contribution in [2.24, 2.45) is 0 Å². The van der Waals surface area contributed by atoms with Gasteiger partial charge in [0.25, 0.3) is 34.7 Å². The molecular weight excluding hydrogens is 1220 g/mol. The molecule has 4 N–H and O–H groups in total. The molecule has 500 valence electrons. The first-order valence-electron chi connectivity index (χ1n) is 32.9. The molecule has 4 aromatic carbocycles. The second kappa shape index (κ2) is 29.7. The number of pyridine rings is 2. The molecule has 21 heteroatoms. The number of aromatic amines is 2. The van der Waals surface area contributed by atoms with E-state index in [1.165, 1.54) is 12.2 Å². The first-order valence-corrected chi connectivity index (χ1v) is 33.3. The zero-order valence-electron chi connectivity index (χ0n) is 56.3. The van der Waals surface area contributed by atoms with Gasteiger partial charge in [-0.1, -0.05) is 43.0 Å². The smallest absolute Gasteiger partial charge is 0.255 e. The summed E-state index contributed by atoms with van der Waals surface area (Å²) in [4.78, 5) is 133. The van der Waals surface area contributed by atoms with Gasteiger partial charge in [0.2, 0.25) is 11.8 Å². The first-order chi connectivity index (χ1) is 45.4. The number of amides is 6. The summed E-state index contributed by atoms with van der Waals surface area (Å²) in [6.07, 6.45) is 4.52. The largest absolute Gasteiger partial charge is 0.367 e. The number of aromatic nitrogens is 2. The van der Waals surface area contributed by atoms with Crippen LogP contribution in [0.15, 0.2) is 114 Å². The molecule has 3 unspecified atom stereocenters. The monoisotopic (exact) mass is 1310 g/mol. The Bertz CT molecular complexity index is 4100. The van der Waals surface area contributed by atoms with Crippen LogP contribution in [0.25, 0.3) is 22.3 Å². The fraction of sp³-hybridized carbons (Fsp3) is 0.405. The highest BCUT2D eigenvalue weighted by molar-refractivity contribution is 6.34. The Kier molecular flexibility index (Phi) is 21.5. The van der Waals surface area contributed by atoms with Gasteiger partial charge < -0.3 is 59.8 Å². The van der Waals surface area contributed by atoms with E-state index in [0.29, 0.717) is 141 Å². The fourth-order valence-corrected chi connectivity index (χ4v) is 14.4. The lowest BCUT2D eigenvalue weighted by atomic mass is 9.94. The minimum absolute atomic E-state index is 0.0213. The van der Waals surface area contributed by atoms with Gasteiger partial charge in [0.05, 0.1) is 10.6 Å². The minimum atomic E-state index is -0.400. The van der Waals surface area contributed by atoms with E-state index >= 15 is 4.79 Å². The number of nitrogens with one attached hydrogen (secondary N) is 4. The van der Waals surface area contributed by atoms with Crippen molar-refractivity contribution in [1.82, 2.24) is 50.0 Å². The topological polar surface area (TPSA) is 218 Å². The molecule has 4 aliphatic heterocycles. The van der Waals surface area contributed by atoms with Crippen LogP contribution in [-0.4, -0.2) is 192 Å². The summed E-state index contributed by atoms with van der Waals surface area (Å²) in [6, 6.07) is 23.9. The molecule has 2 aromatic heterocycles. The molecule has 0 bridgehead atoms. The Morgan fingerprint density at radius 1 is 0.558 bits per heavy atom. The minimum Gasteiger partial charge on any atom is -0.367 e. The average molecular weight is 1310 g/mol. The molecule has 0 spiro atoms. The van der Waals surface area contributed by atoms with Gasteiger partial charge in [0.1, 0.15) is 0 Å². The second-order valence-electron chi connectivity index (χ2n) is 26.0. The van der Waals surface area contributed by atoms with Crippen molar-refractivity contribution in [1.29, 1.82) is 0 Å². The maximum absolute atomic E-state index is 15.2. The molecule has 4 fully saturated rings. The number of nitrogens with zero attached hydrogens (tertiary/aromatic N) is 8. The number of piperazine rings is 2. The fourth-order valence-electron chi connectivity index (χ4n) is 14.1. The van der Waals surface area contributed by atoms with E-state index in [4.69, 9.17) is 11.6 Å². The molecule has 6 heterocycles. The van der Waals surface area contributed by atoms with Crippen LogP contribution in [0, 0.1) is 41.5 Å². The van der Waals surface area contributed by atoms with Gasteiger partial charge in [-0.3, -0.25) is 38.4 Å². The molecule has 20 nitrogen and oxygen atoms in total. The quantitative estimate of drug-likeness (QED) is 0.0532. The average Bonchev–Trinajstić information content (AvgIpc) is 1.13. The normalized spacial score (nSPS) is 17.6. The molecule has 4 saturated heterocycles. The summed E-state index contributed by atoms with van der Waals surface area (Å²) in [7, 11) is 4.08. The second-order valence-corrected chi connectivity index (χ2v) is 26.4. The summed E-state index contributed by atoms with van der Waals surface area (Å²) in [5, 5.41) is 6.35. The van der Waals surface area contributed by atoms with E-state index in [9.17, 15) is 33.6 Å². The van der Waals surface area contributed by atoms with Gasteiger partial charge in [-0.25, -0.2) is 0 Å². The van der Waals surface area contributed by atoms with Crippen molar-refractivity contribution < 1.29 is 28.8 Å². The molecule has 4 aliphatic rings. The van der Waals surface area contributed by atoms with Crippen LogP contribution < -0.4 is 31.6 Å². The number of hydrogen-bond donors (Lipinski definition) is 4. The number of hydrogen-bond acceptors (Lipinski definition) is 12. The Morgan fingerprint density at radius 3 is 1.56 bits per heavy atom. The maximum Gasteiger partial charge on any atom is 0.255 e. The third-order valence-corrected chi connectivity index (χ3v) is 20.0. The van der Waals surface area contributed by atoms with E-state index < -0.39 is 5.91 Å². The Balaban J connectivity index is 0.969. The molecule has 0 aliphatic carbocycles. The van der Waals surface area contributed by atoms with Gasteiger partial charge in [-0.15, -0.1) is 0 Å². The Morgan fingerprint density at radius 2 is 1.05 bits per heavy atom. The molecular formula is C74H89ClN12O8. The molecule has 10 rings (SSSR count). The van der Waals surface area contributed by atoms with Crippen molar-refractivity contribution in [3.05, 3.63) is 197 Å². The maximum atomic E-state index is 15.2. The van der Waals surface area contributed by atoms with Crippen molar-refractivity contribution >= 4 is 58.4 Å². The lowest BCUT2D eigenvalue weighted by Crippen LogP contribution is -2.55. The molecule has 6 amide bonds. The molecule has 0 radical (unpaired) electrons. The van der Waals surface area contributed by atoms with E-state index in [1.807, 2.05) is 126 Å². The lowest BCUT2D eigenvalue weighted by molar-refractivity contribution is -0.125. The Labute approximate surface area is 561 Å². The van der Waals surface area contributed by atoms with Gasteiger partial charge in [-0.2, -0.15) is 0 Å². The molecule has 6 aromatic rings. The summed E-state index contributed by atoms with van der Waals surface area (Å²) >= 11 is 7.06. The third-order valence-electron chi connectivity index (χ3n) is 19.7. The third kappa shape index (κ3) is 15.2. The van der Waals surface area contributed by atoms with Crippen LogP contribution in [-0.2, 0) is 22.7 Å². The van der Waals surface area contributed by atoms with Crippen LogP contribution in [0.5, 0.6) is 0 Å². The number of anilines is 2. The highest BCUT2D eigenvalue weighted by atomic mass is 35.5. The zero-order chi connectivity index (χ0) is 68.1. The number of carbonyl (C=O) groups is 6. The predicted octanol–water partition coefficient (Wildman–Crippen LogP) is 8.20. The van der Waals surface area contributed by atoms with Crippen molar-refractivity contribution in [2.45, 2.75) is 98.9 Å². The van der Waals surface area contributed by atoms with Gasteiger partial charge in [0.15, 0.2) is 0 Å². The highest BCUT2D eigenvalue weighted by Gasteiger charge is 2.36. The standard InChI is InChI=1S/C74H89ClN12O8/c1-12-67(88)83-24-21-57(43-83)85(14-3)65-38-54(35-60(49(65)8)69(90)76-40-62-45(4)33-47(6)78-71(62)92)51-15-17-52(18-16-51)73(94)87-32-29-81(11)42-56(87)23-26-86(58-22-25-84(44-58)68(89)13-2)66-39-55(53-19-20-59(64(75)37-53)74(95)82-30-27-80(10)28-31-82)36-61(50(66)9)70(91)77-41-63-46(5)34-48(7)79-72(63)93/h12-13,15-20,33-39,56-58H,1-2,14,21-32,40-44H2,3-11H3,(H,76,90)(H,77,91)(H,78,92)(H,79,93). The van der Waals surface area contributed by atoms with Crippen LogP contribution in [0.4, 0.5) is 11.4 Å². The molecule has 95 heavy (non-hydrogen) atoms. The van der Waals surface area contributed by atoms with Crippen LogP contribution in [0.2, 0.25) is 5.02 Å². The molecule has 3 atom stereocenters. The van der Waals surface area contributed by atoms with E-state index in [0.717, 1.165) is 64.4 Å². The van der Waals surface area contributed by atoms with Gasteiger partial charge in [0, 0.05) is 167 Å². The number of H-pyrrole nitrogens is 2. The van der Waals surface area contributed by atoms with Crippen LogP contribution in [0.3, 0.4) is 0 Å². The van der Waals surface area contributed by atoms with Crippen LogP contribution in [0.1, 0.15) is 112 Å². The number of likely N-dealkylation sites (tertiary alicyclic amines) is 2. The summed E-state index contributed by atoms with van der Waals surface area (Å²) in [5.74, 6) is -1.35. The first kappa shape index (κ1) is 68.7. The number of benzene rings is 4. The number of halogens is 1. The lowest BCUT2D eigenvalue weighted by Gasteiger charge is -2.42. The Hall–Kier alpha value is -9.11. The number of likely N-dealkylation sites (N-methyl/N-ethyl adjacent to an activating group) is 3. The van der Waals surface area contributed by atoms with Crippen molar-refractivity contribution in [2.75, 3.05) is 109 Å². The van der Waals surface area contributed by atoms with Crippen molar-refractivity contribution in [3.63, 3.8) is 0 Å². The van der Waals surface area contributed by atoms with Crippen molar-refractivity contribution in [3.8, 4) is 22.3 Å². The highest BCUT2D eigenvalue weighted by Crippen LogP contribution is 2.38. The number of rotatable bonds is 20. The van der Waals surface area contributed by atoms with Crippen LogP contribution >= 0.6 is 11.6 Å². The zero-order valence-corrected chi connectivity index (χ0v) is 57.0. The number of aryl methyl sites for hydroxylation is 4. The van der Waals surface area contributed by atoms with E-state index in [2.05, 4.69) is 66.3 Å². The summed E-state index contributed by atoms with van der Waals surface area (Å²) in [6.45, 7) is 28.0. The summed E-state index contributed by atoms with van der Waals surface area (Å²) in [5.41, 5.74) is 10.9. The predicted molar refractivity (Wildman–Crippen MR) is 375 cm³/mol. The van der Waals surface area contributed by atoms with Gasteiger partial charge >= 0.3 is 0 Å². The SMILES string of the molecule is C=CC(=O)N1CCC(N(CC)c2cc(-c3ccc(C(=O)N4CCN(C)CC4CCN(c4cc(-c5ccc(C(=O)N6CCN(C)CC6)c(Cl)c5)cc(C(=O)NCc5c(C)cc(C)[nH]c5=O)c4C)C4CCN(C(=O)C=C)C4)cc3)cc(C(=O)NCc3c(C)cc(C)[nH]c3=O)c2C)C1. The summed E-state index contributed by atoms with van der Waals surface area (Å²) < 4.78 is 0. The van der Waals surface area contributed by atoms with Gasteiger partial charge in [-0.05, 0) is 199 Å².